The predicted molar refractivity (Wildman–Crippen MR) is 38.9 cm³/mol. The van der Waals surface area contributed by atoms with Crippen molar-refractivity contribution in [2.24, 2.45) is 0 Å². The maximum Gasteiger partial charge on any atom is 0.218 e. The summed E-state index contributed by atoms with van der Waals surface area (Å²) in [4.78, 5) is 7.13. The van der Waals surface area contributed by atoms with Crippen LogP contribution in [0, 0.1) is 5.82 Å². The van der Waals surface area contributed by atoms with Gasteiger partial charge in [-0.15, -0.1) is 0 Å². The van der Waals surface area contributed by atoms with Gasteiger partial charge in [0.2, 0.25) is 5.16 Å². The maximum absolute atomic E-state index is 12.2. The second-order valence-electron chi connectivity index (χ2n) is 1.82. The molecule has 0 N–H and O–H groups in total. The van der Waals surface area contributed by atoms with Crippen molar-refractivity contribution in [1.29, 1.82) is 0 Å². The second kappa shape index (κ2) is 3.52. The molecule has 0 aliphatic heterocycles. The summed E-state index contributed by atoms with van der Waals surface area (Å²) in [6, 6.07) is 0. The van der Waals surface area contributed by atoms with Crippen molar-refractivity contribution in [3.8, 4) is 0 Å². The van der Waals surface area contributed by atoms with Gasteiger partial charge in [0.25, 0.3) is 0 Å². The molecule has 1 rings (SSSR count). The highest BCUT2D eigenvalue weighted by Crippen LogP contribution is 1.98. The van der Waals surface area contributed by atoms with Crippen LogP contribution >= 0.6 is 0 Å². The molecule has 0 aromatic carbocycles. The molecule has 1 aromatic rings. The summed E-state index contributed by atoms with van der Waals surface area (Å²) in [5.74, 6) is -0.0621. The van der Waals surface area contributed by atoms with Crippen molar-refractivity contribution in [3.05, 3.63) is 18.2 Å². The molecule has 1 unspecified atom stereocenters. The molecule has 1 heterocycles. The van der Waals surface area contributed by atoms with E-state index in [9.17, 15) is 8.60 Å². The molecule has 0 radical (unpaired) electrons. The van der Waals surface area contributed by atoms with Gasteiger partial charge in [0, 0.05) is 5.75 Å². The Morgan fingerprint density at radius 2 is 2.09 bits per heavy atom. The smallest absolute Gasteiger partial charge is 0.218 e. The van der Waals surface area contributed by atoms with Crippen LogP contribution in [0.4, 0.5) is 4.39 Å². The first-order chi connectivity index (χ1) is 5.24. The number of hydrogen-bond donors (Lipinski definition) is 0. The van der Waals surface area contributed by atoms with Gasteiger partial charge in [-0.05, 0) is 0 Å². The zero-order chi connectivity index (χ0) is 8.27. The van der Waals surface area contributed by atoms with E-state index in [1.807, 2.05) is 0 Å². The van der Waals surface area contributed by atoms with E-state index in [2.05, 4.69) is 9.97 Å². The van der Waals surface area contributed by atoms with Gasteiger partial charge < -0.3 is 0 Å². The van der Waals surface area contributed by atoms with Crippen LogP contribution in [0.15, 0.2) is 17.6 Å². The van der Waals surface area contributed by atoms with Crippen molar-refractivity contribution in [2.45, 2.75) is 12.1 Å². The quantitative estimate of drug-likeness (QED) is 0.621. The first-order valence-corrected chi connectivity index (χ1v) is 4.42. The Morgan fingerprint density at radius 1 is 1.55 bits per heavy atom. The van der Waals surface area contributed by atoms with Crippen molar-refractivity contribution >= 4 is 10.8 Å². The number of rotatable bonds is 2. The van der Waals surface area contributed by atoms with E-state index in [1.54, 1.807) is 6.92 Å². The highest BCUT2D eigenvalue weighted by Gasteiger charge is 2.02. The molecule has 3 nitrogen and oxygen atoms in total. The summed E-state index contributed by atoms with van der Waals surface area (Å²) < 4.78 is 23.2. The number of halogens is 1. The summed E-state index contributed by atoms with van der Waals surface area (Å²) in [7, 11) is -1.19. The zero-order valence-electron chi connectivity index (χ0n) is 5.95. The topological polar surface area (TPSA) is 42.9 Å². The third-order valence-electron chi connectivity index (χ3n) is 1.06. The summed E-state index contributed by atoms with van der Waals surface area (Å²) in [5.41, 5.74) is 0. The van der Waals surface area contributed by atoms with E-state index < -0.39 is 16.6 Å². The van der Waals surface area contributed by atoms with Crippen LogP contribution < -0.4 is 0 Å². The minimum atomic E-state index is -1.19. The zero-order valence-corrected chi connectivity index (χ0v) is 6.77. The molecule has 1 aromatic heterocycles. The van der Waals surface area contributed by atoms with Gasteiger partial charge in [-0.3, -0.25) is 4.21 Å². The number of hydrogen-bond acceptors (Lipinski definition) is 3. The predicted octanol–water partition coefficient (Wildman–Crippen LogP) is 0.743. The van der Waals surface area contributed by atoms with E-state index in [-0.39, 0.29) is 5.16 Å². The van der Waals surface area contributed by atoms with Gasteiger partial charge in [0.15, 0.2) is 5.82 Å². The van der Waals surface area contributed by atoms with Crippen LogP contribution in [0.1, 0.15) is 6.92 Å². The van der Waals surface area contributed by atoms with Crippen LogP contribution in [-0.2, 0) is 10.8 Å². The lowest BCUT2D eigenvalue weighted by Gasteiger charge is -1.94. The normalized spacial score (nSPS) is 12.9. The molecule has 0 saturated heterocycles. The van der Waals surface area contributed by atoms with E-state index >= 15 is 0 Å². The minimum absolute atomic E-state index is 0.189. The van der Waals surface area contributed by atoms with Crippen molar-refractivity contribution in [2.75, 3.05) is 5.75 Å². The van der Waals surface area contributed by atoms with Gasteiger partial charge in [-0.1, -0.05) is 6.92 Å². The van der Waals surface area contributed by atoms with Gasteiger partial charge in [0.05, 0.1) is 23.2 Å². The first kappa shape index (κ1) is 8.26. The third-order valence-corrected chi connectivity index (χ3v) is 2.20. The Balaban J connectivity index is 2.90. The first-order valence-electron chi connectivity index (χ1n) is 3.10. The molecule has 1 atom stereocenters. The fraction of sp³-hybridized carbons (Fsp3) is 0.333. The highest BCUT2D eigenvalue weighted by molar-refractivity contribution is 7.84. The average molecular weight is 174 g/mol. The molecule has 0 amide bonds. The molecule has 5 heteroatoms. The third kappa shape index (κ3) is 2.04. The maximum atomic E-state index is 12.2. The Hall–Kier alpha value is -0.840. The van der Waals surface area contributed by atoms with E-state index in [1.165, 1.54) is 0 Å². The van der Waals surface area contributed by atoms with Crippen LogP contribution in [0.5, 0.6) is 0 Å². The van der Waals surface area contributed by atoms with Crippen molar-refractivity contribution in [3.63, 3.8) is 0 Å². The van der Waals surface area contributed by atoms with Gasteiger partial charge in [-0.2, -0.15) is 0 Å². The Morgan fingerprint density at radius 3 is 2.55 bits per heavy atom. The Kier molecular flexibility index (Phi) is 2.64. The van der Waals surface area contributed by atoms with Crippen molar-refractivity contribution in [1.82, 2.24) is 9.97 Å². The average Bonchev–Trinajstić information content (AvgIpc) is 2.05. The molecule has 60 valence electrons. The van der Waals surface area contributed by atoms with Crippen LogP contribution in [-0.4, -0.2) is 19.9 Å². The summed E-state index contributed by atoms with van der Waals surface area (Å²) >= 11 is 0. The van der Waals surface area contributed by atoms with Crippen LogP contribution in [0.3, 0.4) is 0 Å². The van der Waals surface area contributed by atoms with Crippen molar-refractivity contribution < 1.29 is 8.60 Å². The van der Waals surface area contributed by atoms with E-state index in [0.717, 1.165) is 12.4 Å². The lowest BCUT2D eigenvalue weighted by atomic mass is 10.7. The Labute approximate surface area is 66.1 Å². The SMILES string of the molecule is CCS(=O)c1ncc(F)cn1. The number of aromatic nitrogens is 2. The van der Waals surface area contributed by atoms with Gasteiger partial charge in [-0.25, -0.2) is 14.4 Å². The molecule has 11 heavy (non-hydrogen) atoms. The monoisotopic (exact) mass is 174 g/mol. The minimum Gasteiger partial charge on any atom is -0.251 e. The molecular formula is C6H7FN2OS. The lowest BCUT2D eigenvalue weighted by Crippen LogP contribution is -2.00. The molecule has 0 aliphatic rings. The van der Waals surface area contributed by atoms with Crippen LogP contribution in [0.2, 0.25) is 0 Å². The Bertz CT molecular complexity index is 262. The summed E-state index contributed by atoms with van der Waals surface area (Å²) in [6.07, 6.45) is 2.02. The highest BCUT2D eigenvalue weighted by atomic mass is 32.2. The molecule has 0 bridgehead atoms. The lowest BCUT2D eigenvalue weighted by molar-refractivity contribution is 0.602. The van der Waals surface area contributed by atoms with E-state index in [0.29, 0.717) is 5.75 Å². The molecular weight excluding hydrogens is 167 g/mol. The molecule has 0 spiro atoms. The van der Waals surface area contributed by atoms with E-state index in [4.69, 9.17) is 0 Å². The summed E-state index contributed by atoms with van der Waals surface area (Å²) in [6.45, 7) is 1.75. The number of nitrogens with zero attached hydrogens (tertiary/aromatic N) is 2. The summed E-state index contributed by atoms with van der Waals surface area (Å²) in [5, 5.41) is 0.189. The van der Waals surface area contributed by atoms with Gasteiger partial charge >= 0.3 is 0 Å². The van der Waals surface area contributed by atoms with Gasteiger partial charge in [0.1, 0.15) is 0 Å². The largest absolute Gasteiger partial charge is 0.251 e. The molecule has 0 saturated carbocycles. The van der Waals surface area contributed by atoms with Crippen LogP contribution in [0.25, 0.3) is 0 Å². The molecule has 0 fully saturated rings. The standard InChI is InChI=1S/C6H7FN2OS/c1-2-11(10)6-8-3-5(7)4-9-6/h3-4H,2H2,1H3. The second-order valence-corrected chi connectivity index (χ2v) is 3.45. The fourth-order valence-electron chi connectivity index (χ4n) is 0.547. The fourth-order valence-corrected chi connectivity index (χ4v) is 1.15. The molecule has 0 aliphatic carbocycles.